The number of rotatable bonds is 6. The van der Waals surface area contributed by atoms with Crippen LogP contribution in [0.25, 0.3) is 0 Å². The minimum absolute atomic E-state index is 0.0125. The van der Waals surface area contributed by atoms with Crippen LogP contribution in [-0.2, 0) is 4.79 Å². The molecule has 0 fully saturated rings. The van der Waals surface area contributed by atoms with E-state index in [0.717, 1.165) is 13.1 Å². The molecule has 4 heteroatoms. The first kappa shape index (κ1) is 14.2. The van der Waals surface area contributed by atoms with Crippen LogP contribution in [0.2, 0.25) is 0 Å². The van der Waals surface area contributed by atoms with Crippen LogP contribution in [0.3, 0.4) is 0 Å². The third-order valence-electron chi connectivity index (χ3n) is 2.69. The van der Waals surface area contributed by atoms with Gasteiger partial charge in [0.2, 0.25) is 5.91 Å². The lowest BCUT2D eigenvalue weighted by atomic mass is 10.1. The fraction of sp³-hybridized carbons (Fsp3) is 0.615. The molecule has 0 aliphatic rings. The van der Waals surface area contributed by atoms with Gasteiger partial charge >= 0.3 is 0 Å². The van der Waals surface area contributed by atoms with Crippen molar-refractivity contribution in [1.82, 2.24) is 10.6 Å². The van der Waals surface area contributed by atoms with E-state index >= 15 is 0 Å². The Bertz CT molecular complexity index is 362. The highest BCUT2D eigenvalue weighted by atomic mass is 32.1. The molecule has 2 N–H and O–H groups in total. The topological polar surface area (TPSA) is 41.1 Å². The molecule has 0 radical (unpaired) electrons. The zero-order valence-electron chi connectivity index (χ0n) is 11.0. The van der Waals surface area contributed by atoms with Gasteiger partial charge in [-0.2, -0.15) is 0 Å². The number of aryl methyl sites for hydroxylation is 1. The van der Waals surface area contributed by atoms with Crippen molar-refractivity contribution in [3.8, 4) is 0 Å². The van der Waals surface area contributed by atoms with E-state index in [4.69, 9.17) is 0 Å². The van der Waals surface area contributed by atoms with Crippen LogP contribution < -0.4 is 10.6 Å². The summed E-state index contributed by atoms with van der Waals surface area (Å²) in [4.78, 5) is 14.4. The van der Waals surface area contributed by atoms with E-state index in [2.05, 4.69) is 29.7 Å². The zero-order chi connectivity index (χ0) is 12.8. The normalized spacial score (nSPS) is 14.4. The average Bonchev–Trinajstić information content (AvgIpc) is 2.72. The number of thiophene rings is 1. The van der Waals surface area contributed by atoms with Gasteiger partial charge in [0.15, 0.2) is 0 Å². The van der Waals surface area contributed by atoms with Gasteiger partial charge in [0, 0.05) is 22.2 Å². The molecule has 1 heterocycles. The Morgan fingerprint density at radius 3 is 2.65 bits per heavy atom. The van der Waals surface area contributed by atoms with Crippen molar-refractivity contribution >= 4 is 17.2 Å². The van der Waals surface area contributed by atoms with Crippen LogP contribution in [0.4, 0.5) is 0 Å². The molecule has 0 saturated carbocycles. The molecule has 2 unspecified atom stereocenters. The summed E-state index contributed by atoms with van der Waals surface area (Å²) in [5.74, 6) is 0.128. The Kier molecular flexibility index (Phi) is 5.65. The molecule has 0 aromatic carbocycles. The van der Waals surface area contributed by atoms with Crippen LogP contribution >= 0.6 is 11.3 Å². The number of amides is 1. The first-order valence-electron chi connectivity index (χ1n) is 6.12. The molecule has 1 rings (SSSR count). The highest BCUT2D eigenvalue weighted by molar-refractivity contribution is 7.12. The lowest BCUT2D eigenvalue weighted by molar-refractivity contribution is -0.125. The van der Waals surface area contributed by atoms with Gasteiger partial charge in [-0.15, -0.1) is 11.3 Å². The maximum absolute atomic E-state index is 11.9. The van der Waals surface area contributed by atoms with E-state index in [1.807, 2.05) is 20.8 Å². The highest BCUT2D eigenvalue weighted by Crippen LogP contribution is 2.22. The molecular weight excluding hydrogens is 232 g/mol. The molecule has 1 aromatic rings. The Morgan fingerprint density at radius 1 is 1.41 bits per heavy atom. The fourth-order valence-electron chi connectivity index (χ4n) is 1.57. The molecule has 0 saturated heterocycles. The van der Waals surface area contributed by atoms with Gasteiger partial charge in [-0.3, -0.25) is 4.79 Å². The summed E-state index contributed by atoms with van der Waals surface area (Å²) in [6.07, 6.45) is 0. The summed E-state index contributed by atoms with van der Waals surface area (Å²) in [5.41, 5.74) is 0. The minimum atomic E-state index is 0.0125. The molecule has 2 atom stereocenters. The van der Waals surface area contributed by atoms with Gasteiger partial charge in [0.25, 0.3) is 0 Å². The number of carbonyl (C=O) groups is 1. The van der Waals surface area contributed by atoms with Crippen molar-refractivity contribution in [3.05, 3.63) is 21.9 Å². The van der Waals surface area contributed by atoms with Crippen LogP contribution in [0.1, 0.15) is 36.6 Å². The van der Waals surface area contributed by atoms with E-state index in [1.165, 1.54) is 9.75 Å². The van der Waals surface area contributed by atoms with E-state index in [1.54, 1.807) is 11.3 Å². The van der Waals surface area contributed by atoms with E-state index in [9.17, 15) is 4.79 Å². The summed E-state index contributed by atoms with van der Waals surface area (Å²) in [7, 11) is 0. The van der Waals surface area contributed by atoms with Crippen molar-refractivity contribution < 1.29 is 4.79 Å². The molecule has 1 aromatic heterocycles. The number of carbonyl (C=O) groups excluding carboxylic acids is 1. The molecule has 0 aliphatic carbocycles. The van der Waals surface area contributed by atoms with E-state index < -0.39 is 0 Å². The molecular formula is C13H22N2OS. The van der Waals surface area contributed by atoms with Crippen LogP contribution in [0.15, 0.2) is 12.1 Å². The second kappa shape index (κ2) is 6.77. The largest absolute Gasteiger partial charge is 0.348 e. The number of hydrogen-bond acceptors (Lipinski definition) is 3. The minimum Gasteiger partial charge on any atom is -0.348 e. The van der Waals surface area contributed by atoms with Crippen molar-refractivity contribution in [2.45, 2.75) is 33.7 Å². The fourth-order valence-corrected chi connectivity index (χ4v) is 2.45. The monoisotopic (exact) mass is 254 g/mol. The van der Waals surface area contributed by atoms with Gasteiger partial charge in [0.1, 0.15) is 0 Å². The molecule has 1 amide bonds. The highest BCUT2D eigenvalue weighted by Gasteiger charge is 2.16. The van der Waals surface area contributed by atoms with Crippen LogP contribution in [0, 0.1) is 12.8 Å². The van der Waals surface area contributed by atoms with E-state index in [0.29, 0.717) is 0 Å². The molecule has 0 aliphatic heterocycles. The van der Waals surface area contributed by atoms with Gasteiger partial charge in [0.05, 0.1) is 6.04 Å². The second-order valence-corrected chi connectivity index (χ2v) is 5.71. The predicted octanol–water partition coefficient (Wildman–Crippen LogP) is 2.48. The maximum atomic E-state index is 11.9. The smallest absolute Gasteiger partial charge is 0.224 e. The number of hydrogen-bond donors (Lipinski definition) is 2. The quantitative estimate of drug-likeness (QED) is 0.819. The lowest BCUT2D eigenvalue weighted by Crippen LogP contribution is -2.36. The van der Waals surface area contributed by atoms with Crippen LogP contribution in [-0.4, -0.2) is 19.0 Å². The van der Waals surface area contributed by atoms with Crippen molar-refractivity contribution in [1.29, 1.82) is 0 Å². The predicted molar refractivity (Wildman–Crippen MR) is 73.3 cm³/mol. The summed E-state index contributed by atoms with van der Waals surface area (Å²) in [6.45, 7) is 9.74. The van der Waals surface area contributed by atoms with Crippen molar-refractivity contribution in [3.63, 3.8) is 0 Å². The molecule has 96 valence electrons. The third kappa shape index (κ3) is 4.48. The molecule has 3 nitrogen and oxygen atoms in total. The van der Waals surface area contributed by atoms with Gasteiger partial charge in [-0.1, -0.05) is 13.8 Å². The van der Waals surface area contributed by atoms with Gasteiger partial charge in [-0.05, 0) is 32.5 Å². The first-order valence-corrected chi connectivity index (χ1v) is 6.93. The van der Waals surface area contributed by atoms with Crippen molar-refractivity contribution in [2.75, 3.05) is 13.1 Å². The summed E-state index contributed by atoms with van der Waals surface area (Å²) < 4.78 is 0. The summed E-state index contributed by atoms with van der Waals surface area (Å²) in [5, 5.41) is 6.24. The maximum Gasteiger partial charge on any atom is 0.224 e. The van der Waals surface area contributed by atoms with Gasteiger partial charge < -0.3 is 10.6 Å². The van der Waals surface area contributed by atoms with Crippen LogP contribution in [0.5, 0.6) is 0 Å². The SMILES string of the molecule is CCNCC(C)C(=O)NC(C)c1ccc(C)s1. The molecule has 0 spiro atoms. The van der Waals surface area contributed by atoms with Crippen molar-refractivity contribution in [2.24, 2.45) is 5.92 Å². The Hall–Kier alpha value is -0.870. The Balaban J connectivity index is 2.45. The molecule has 17 heavy (non-hydrogen) atoms. The summed E-state index contributed by atoms with van der Waals surface area (Å²) in [6, 6.07) is 4.27. The number of nitrogens with one attached hydrogen (secondary N) is 2. The second-order valence-electron chi connectivity index (χ2n) is 4.39. The standard InChI is InChI=1S/C13H22N2OS/c1-5-14-8-9(2)13(16)15-11(4)12-7-6-10(3)17-12/h6-7,9,11,14H,5,8H2,1-4H3,(H,15,16). The summed E-state index contributed by atoms with van der Waals surface area (Å²) >= 11 is 1.74. The zero-order valence-corrected chi connectivity index (χ0v) is 11.9. The molecule has 0 bridgehead atoms. The lowest BCUT2D eigenvalue weighted by Gasteiger charge is -2.16. The Labute approximate surface area is 108 Å². The average molecular weight is 254 g/mol. The van der Waals surface area contributed by atoms with Gasteiger partial charge in [-0.25, -0.2) is 0 Å². The van der Waals surface area contributed by atoms with E-state index in [-0.39, 0.29) is 17.9 Å². The first-order chi connectivity index (χ1) is 8.04. The third-order valence-corrected chi connectivity index (χ3v) is 3.88. The Morgan fingerprint density at radius 2 is 2.12 bits per heavy atom.